The fourth-order valence-electron chi connectivity index (χ4n) is 2.53. The van der Waals surface area contributed by atoms with Crippen molar-refractivity contribution in [2.24, 2.45) is 0 Å². The van der Waals surface area contributed by atoms with Gasteiger partial charge >= 0.3 is 11.8 Å². The van der Waals surface area contributed by atoms with Gasteiger partial charge in [-0.1, -0.05) is 0 Å². The van der Waals surface area contributed by atoms with Crippen molar-refractivity contribution in [2.45, 2.75) is 25.4 Å². The molecule has 0 spiro atoms. The van der Waals surface area contributed by atoms with E-state index in [0.29, 0.717) is 37.9 Å². The minimum atomic E-state index is -1.38. The number of benzene rings is 1. The van der Waals surface area contributed by atoms with Gasteiger partial charge in [0.05, 0.1) is 11.8 Å². The second-order valence-electron chi connectivity index (χ2n) is 5.88. The largest absolute Gasteiger partial charge is 0.393 e. The molecule has 1 aliphatic rings. The predicted molar refractivity (Wildman–Crippen MR) is 84.3 cm³/mol. The lowest BCUT2D eigenvalue weighted by atomic mass is 10.1. The molecular weight excluding hydrogens is 339 g/mol. The number of anilines is 1. The first-order chi connectivity index (χ1) is 11.9. The third kappa shape index (κ3) is 5.71. The van der Waals surface area contributed by atoms with E-state index >= 15 is 0 Å². The number of carbonyl (C=O) groups is 2. The third-order valence-corrected chi connectivity index (χ3v) is 3.96. The van der Waals surface area contributed by atoms with Crippen molar-refractivity contribution in [1.82, 2.24) is 10.2 Å². The number of likely N-dealkylation sites (tertiary alicyclic amines) is 1. The summed E-state index contributed by atoms with van der Waals surface area (Å²) < 4.78 is 39.3. The molecule has 1 aliphatic heterocycles. The number of amides is 2. The Hall–Kier alpha value is -2.13. The highest BCUT2D eigenvalue weighted by atomic mass is 19.2. The molecule has 2 rings (SSSR count). The van der Waals surface area contributed by atoms with Gasteiger partial charge in [-0.3, -0.25) is 9.59 Å². The molecule has 138 valence electrons. The van der Waals surface area contributed by atoms with E-state index in [-0.39, 0.29) is 12.6 Å². The van der Waals surface area contributed by atoms with Crippen LogP contribution in [0.25, 0.3) is 0 Å². The highest BCUT2D eigenvalue weighted by Gasteiger charge is 2.18. The monoisotopic (exact) mass is 359 g/mol. The van der Waals surface area contributed by atoms with Crippen molar-refractivity contribution in [3.63, 3.8) is 0 Å². The lowest BCUT2D eigenvalue weighted by Crippen LogP contribution is -2.39. The van der Waals surface area contributed by atoms with Gasteiger partial charge in [0.1, 0.15) is 5.82 Å². The molecule has 0 atom stereocenters. The highest BCUT2D eigenvalue weighted by molar-refractivity contribution is 6.39. The van der Waals surface area contributed by atoms with Crippen molar-refractivity contribution < 1.29 is 27.9 Å². The fourth-order valence-corrected chi connectivity index (χ4v) is 2.53. The molecule has 9 heteroatoms. The predicted octanol–water partition coefficient (Wildman–Crippen LogP) is 1.01. The van der Waals surface area contributed by atoms with Gasteiger partial charge in [-0.25, -0.2) is 13.2 Å². The molecular formula is C16H20F3N3O3. The summed E-state index contributed by atoms with van der Waals surface area (Å²) in [6, 6.07) is 0.763. The maximum Gasteiger partial charge on any atom is 0.313 e. The molecule has 0 aliphatic carbocycles. The van der Waals surface area contributed by atoms with Crippen molar-refractivity contribution in [3.05, 3.63) is 29.6 Å². The van der Waals surface area contributed by atoms with Crippen LogP contribution in [0.1, 0.15) is 19.3 Å². The number of aliphatic hydroxyl groups excluding tert-OH is 1. The van der Waals surface area contributed by atoms with Crippen LogP contribution in [0.4, 0.5) is 18.9 Å². The zero-order chi connectivity index (χ0) is 18.4. The van der Waals surface area contributed by atoms with Crippen molar-refractivity contribution >= 4 is 17.5 Å². The molecule has 0 bridgehead atoms. The number of piperidine rings is 1. The average molecular weight is 359 g/mol. The number of nitrogens with zero attached hydrogens (tertiary/aromatic N) is 1. The first-order valence-electron chi connectivity index (χ1n) is 8.01. The molecule has 0 saturated carbocycles. The van der Waals surface area contributed by atoms with Gasteiger partial charge in [0.25, 0.3) is 0 Å². The summed E-state index contributed by atoms with van der Waals surface area (Å²) in [6.07, 6.45) is 1.79. The van der Waals surface area contributed by atoms with E-state index in [2.05, 4.69) is 10.2 Å². The van der Waals surface area contributed by atoms with E-state index in [1.807, 2.05) is 5.32 Å². The van der Waals surface area contributed by atoms with Gasteiger partial charge < -0.3 is 20.6 Å². The quantitative estimate of drug-likeness (QED) is 0.416. The molecule has 1 fully saturated rings. The number of hydrogen-bond donors (Lipinski definition) is 3. The van der Waals surface area contributed by atoms with Crippen LogP contribution < -0.4 is 10.6 Å². The number of hydrogen-bond acceptors (Lipinski definition) is 4. The summed E-state index contributed by atoms with van der Waals surface area (Å²) in [7, 11) is 0. The lowest BCUT2D eigenvalue weighted by Gasteiger charge is -2.29. The Bertz CT molecular complexity index is 635. The molecule has 1 heterocycles. The molecule has 25 heavy (non-hydrogen) atoms. The molecule has 1 aromatic carbocycles. The molecule has 3 N–H and O–H groups in total. The minimum Gasteiger partial charge on any atom is -0.393 e. The Morgan fingerprint density at radius 2 is 1.72 bits per heavy atom. The fraction of sp³-hybridized carbons (Fsp3) is 0.500. The highest BCUT2D eigenvalue weighted by Crippen LogP contribution is 2.18. The maximum absolute atomic E-state index is 13.4. The Kier molecular flexibility index (Phi) is 6.77. The molecule has 0 aromatic heterocycles. The van der Waals surface area contributed by atoms with E-state index in [1.165, 1.54) is 0 Å². The standard InChI is InChI=1S/C16H20F3N3O3/c17-11-8-13(19)14(9-12(11)18)21-16(25)15(24)20-4-1-5-22-6-2-10(23)3-7-22/h8-10,23H,1-7H2,(H,20,24)(H,21,25). The van der Waals surface area contributed by atoms with Crippen LogP contribution in [0.3, 0.4) is 0 Å². The SMILES string of the molecule is O=C(NCCCN1CCC(O)CC1)C(=O)Nc1cc(F)c(F)cc1F. The van der Waals surface area contributed by atoms with Crippen LogP contribution in [-0.4, -0.2) is 54.1 Å². The number of carbonyl (C=O) groups excluding carboxylic acids is 2. The van der Waals surface area contributed by atoms with Crippen LogP contribution in [0, 0.1) is 17.5 Å². The summed E-state index contributed by atoms with van der Waals surface area (Å²) in [4.78, 5) is 25.4. The zero-order valence-corrected chi connectivity index (χ0v) is 13.5. The number of nitrogens with one attached hydrogen (secondary N) is 2. The van der Waals surface area contributed by atoms with Crippen LogP contribution in [0.15, 0.2) is 12.1 Å². The van der Waals surface area contributed by atoms with Gasteiger partial charge in [0, 0.05) is 31.8 Å². The number of halogens is 3. The molecule has 0 unspecified atom stereocenters. The second-order valence-corrected chi connectivity index (χ2v) is 5.88. The lowest BCUT2D eigenvalue weighted by molar-refractivity contribution is -0.136. The zero-order valence-electron chi connectivity index (χ0n) is 13.5. The normalized spacial score (nSPS) is 15.8. The molecule has 1 saturated heterocycles. The van der Waals surface area contributed by atoms with Crippen molar-refractivity contribution in [1.29, 1.82) is 0 Å². The number of aliphatic hydroxyl groups is 1. The molecule has 0 radical (unpaired) electrons. The first kappa shape index (κ1) is 19.2. The summed E-state index contributed by atoms with van der Waals surface area (Å²) in [5, 5.41) is 13.7. The average Bonchev–Trinajstić information content (AvgIpc) is 2.57. The van der Waals surface area contributed by atoms with E-state index < -0.39 is 35.0 Å². The van der Waals surface area contributed by atoms with Crippen LogP contribution in [0.5, 0.6) is 0 Å². The molecule has 1 aromatic rings. The summed E-state index contributed by atoms with van der Waals surface area (Å²) in [6.45, 7) is 2.52. The van der Waals surface area contributed by atoms with Gasteiger partial charge in [0.2, 0.25) is 0 Å². The second kappa shape index (κ2) is 8.82. The van der Waals surface area contributed by atoms with Crippen LogP contribution in [-0.2, 0) is 9.59 Å². The smallest absolute Gasteiger partial charge is 0.313 e. The topological polar surface area (TPSA) is 81.7 Å². The molecule has 6 nitrogen and oxygen atoms in total. The Balaban J connectivity index is 1.72. The Morgan fingerprint density at radius 1 is 1.08 bits per heavy atom. The van der Waals surface area contributed by atoms with E-state index in [9.17, 15) is 27.9 Å². The Labute approximate surface area is 143 Å². The number of rotatable bonds is 5. The van der Waals surface area contributed by atoms with Crippen LogP contribution in [0.2, 0.25) is 0 Å². The van der Waals surface area contributed by atoms with Crippen LogP contribution >= 0.6 is 0 Å². The van der Waals surface area contributed by atoms with Gasteiger partial charge in [-0.05, 0) is 25.8 Å². The summed E-state index contributed by atoms with van der Waals surface area (Å²) >= 11 is 0. The first-order valence-corrected chi connectivity index (χ1v) is 8.01. The van der Waals surface area contributed by atoms with E-state index in [4.69, 9.17) is 0 Å². The van der Waals surface area contributed by atoms with Gasteiger partial charge in [0.15, 0.2) is 11.6 Å². The Morgan fingerprint density at radius 3 is 2.40 bits per heavy atom. The maximum atomic E-state index is 13.4. The van der Waals surface area contributed by atoms with E-state index in [1.54, 1.807) is 0 Å². The summed E-state index contributed by atoms with van der Waals surface area (Å²) in [5.74, 6) is -6.04. The van der Waals surface area contributed by atoms with Crippen molar-refractivity contribution in [2.75, 3.05) is 31.5 Å². The minimum absolute atomic E-state index is 0.242. The van der Waals surface area contributed by atoms with Gasteiger partial charge in [-0.15, -0.1) is 0 Å². The van der Waals surface area contributed by atoms with Crippen molar-refractivity contribution in [3.8, 4) is 0 Å². The van der Waals surface area contributed by atoms with E-state index in [0.717, 1.165) is 13.1 Å². The van der Waals surface area contributed by atoms with Gasteiger partial charge in [-0.2, -0.15) is 0 Å². The summed E-state index contributed by atoms with van der Waals surface area (Å²) in [5.41, 5.74) is -0.606. The third-order valence-electron chi connectivity index (χ3n) is 3.96. The molecule has 2 amide bonds.